The van der Waals surface area contributed by atoms with Crippen molar-refractivity contribution in [2.45, 2.75) is 13.0 Å². The molecule has 0 bridgehead atoms. The Kier molecular flexibility index (Phi) is 4.30. The van der Waals surface area contributed by atoms with E-state index in [-0.39, 0.29) is 6.04 Å². The van der Waals surface area contributed by atoms with E-state index in [0.717, 1.165) is 5.75 Å². The van der Waals surface area contributed by atoms with Crippen molar-refractivity contribution >= 4 is 17.9 Å². The number of thioether (sulfide) groups is 1. The smallest absolute Gasteiger partial charge is 0.404 e. The minimum Gasteiger partial charge on any atom is -0.465 e. The number of carbonyl (C=O) groups is 1. The summed E-state index contributed by atoms with van der Waals surface area (Å²) >= 11 is 1.63. The van der Waals surface area contributed by atoms with Gasteiger partial charge < -0.3 is 10.4 Å². The summed E-state index contributed by atoms with van der Waals surface area (Å²) in [5.74, 6) is 0.826. The average molecular weight is 149 g/mol. The number of amides is 1. The number of hydrogen-bond donors (Lipinski definition) is 2. The molecule has 0 saturated heterocycles. The monoisotopic (exact) mass is 149 g/mol. The van der Waals surface area contributed by atoms with E-state index >= 15 is 0 Å². The third kappa shape index (κ3) is 5.49. The lowest BCUT2D eigenvalue weighted by molar-refractivity contribution is 0.192. The van der Waals surface area contributed by atoms with E-state index in [4.69, 9.17) is 5.11 Å². The van der Waals surface area contributed by atoms with Gasteiger partial charge in [0, 0.05) is 11.8 Å². The van der Waals surface area contributed by atoms with E-state index in [1.54, 1.807) is 11.8 Å². The SMILES string of the molecule is CSC[C@H](C)NC(=O)O. The van der Waals surface area contributed by atoms with E-state index in [2.05, 4.69) is 5.32 Å². The normalized spacial score (nSPS) is 12.7. The molecule has 0 aromatic carbocycles. The Morgan fingerprint density at radius 2 is 2.44 bits per heavy atom. The summed E-state index contributed by atoms with van der Waals surface area (Å²) in [7, 11) is 0. The third-order valence-corrected chi connectivity index (χ3v) is 1.62. The number of carboxylic acid groups (broad SMARTS) is 1. The molecular formula is C5H11NO2S. The first kappa shape index (κ1) is 8.62. The zero-order valence-corrected chi connectivity index (χ0v) is 6.36. The van der Waals surface area contributed by atoms with Crippen LogP contribution in [0.25, 0.3) is 0 Å². The van der Waals surface area contributed by atoms with Crippen molar-refractivity contribution in [1.82, 2.24) is 5.32 Å². The first-order valence-corrected chi connectivity index (χ1v) is 4.04. The molecule has 54 valence electrons. The fraction of sp³-hybridized carbons (Fsp3) is 0.800. The lowest BCUT2D eigenvalue weighted by Crippen LogP contribution is -2.32. The fourth-order valence-electron chi connectivity index (χ4n) is 0.502. The largest absolute Gasteiger partial charge is 0.465 e. The highest BCUT2D eigenvalue weighted by atomic mass is 32.2. The van der Waals surface area contributed by atoms with Gasteiger partial charge in [-0.25, -0.2) is 4.79 Å². The molecule has 0 aliphatic heterocycles. The average Bonchev–Trinajstić information content (AvgIpc) is 1.63. The molecular weight excluding hydrogens is 138 g/mol. The van der Waals surface area contributed by atoms with Crippen molar-refractivity contribution in [2.24, 2.45) is 0 Å². The second-order valence-corrected chi connectivity index (χ2v) is 2.72. The Morgan fingerprint density at radius 1 is 1.89 bits per heavy atom. The van der Waals surface area contributed by atoms with Crippen molar-refractivity contribution in [3.63, 3.8) is 0 Å². The minimum absolute atomic E-state index is 0.0532. The number of rotatable bonds is 3. The van der Waals surface area contributed by atoms with Gasteiger partial charge in [0.1, 0.15) is 0 Å². The molecule has 0 aliphatic rings. The van der Waals surface area contributed by atoms with Crippen molar-refractivity contribution < 1.29 is 9.90 Å². The van der Waals surface area contributed by atoms with Crippen LogP contribution in [0.5, 0.6) is 0 Å². The van der Waals surface area contributed by atoms with E-state index in [1.807, 2.05) is 13.2 Å². The molecule has 0 saturated carbocycles. The summed E-state index contributed by atoms with van der Waals surface area (Å²) < 4.78 is 0. The Labute approximate surface area is 58.8 Å². The minimum atomic E-state index is -0.948. The predicted molar refractivity (Wildman–Crippen MR) is 39.0 cm³/mol. The van der Waals surface area contributed by atoms with Crippen molar-refractivity contribution in [3.8, 4) is 0 Å². The van der Waals surface area contributed by atoms with Crippen molar-refractivity contribution in [2.75, 3.05) is 12.0 Å². The van der Waals surface area contributed by atoms with Gasteiger partial charge >= 0.3 is 6.09 Å². The molecule has 9 heavy (non-hydrogen) atoms. The summed E-state index contributed by atoms with van der Waals surface area (Å²) in [6.07, 6.45) is 0.997. The molecule has 2 N–H and O–H groups in total. The van der Waals surface area contributed by atoms with Gasteiger partial charge in [-0.3, -0.25) is 0 Å². The van der Waals surface area contributed by atoms with Crippen LogP contribution in [0.3, 0.4) is 0 Å². The second-order valence-electron chi connectivity index (χ2n) is 1.81. The fourth-order valence-corrected chi connectivity index (χ4v) is 1.09. The van der Waals surface area contributed by atoms with Gasteiger partial charge in [0.2, 0.25) is 0 Å². The molecule has 0 aromatic rings. The summed E-state index contributed by atoms with van der Waals surface area (Å²) in [4.78, 5) is 9.96. The number of hydrogen-bond acceptors (Lipinski definition) is 2. The standard InChI is InChI=1S/C5H11NO2S/c1-4(3-9-2)6-5(7)8/h4,6H,3H2,1-2H3,(H,7,8)/t4-/m0/s1. The van der Waals surface area contributed by atoms with Gasteiger partial charge in [-0.1, -0.05) is 0 Å². The summed E-state index contributed by atoms with van der Waals surface area (Å²) in [6.45, 7) is 1.84. The van der Waals surface area contributed by atoms with Crippen LogP contribution in [-0.4, -0.2) is 29.3 Å². The summed E-state index contributed by atoms with van der Waals surface area (Å²) in [5.41, 5.74) is 0. The van der Waals surface area contributed by atoms with Crippen molar-refractivity contribution in [1.29, 1.82) is 0 Å². The quantitative estimate of drug-likeness (QED) is 0.629. The molecule has 0 aliphatic carbocycles. The highest BCUT2D eigenvalue weighted by molar-refractivity contribution is 7.98. The van der Waals surface area contributed by atoms with Crippen LogP contribution < -0.4 is 5.32 Å². The molecule has 0 heterocycles. The molecule has 3 nitrogen and oxygen atoms in total. The lowest BCUT2D eigenvalue weighted by Gasteiger charge is -2.07. The maximum absolute atomic E-state index is 9.96. The Morgan fingerprint density at radius 3 is 2.78 bits per heavy atom. The molecule has 0 aromatic heterocycles. The van der Waals surface area contributed by atoms with Crippen molar-refractivity contribution in [3.05, 3.63) is 0 Å². The van der Waals surface area contributed by atoms with E-state index in [1.165, 1.54) is 0 Å². The Balaban J connectivity index is 3.26. The first-order valence-electron chi connectivity index (χ1n) is 2.65. The molecule has 0 unspecified atom stereocenters. The molecule has 0 spiro atoms. The highest BCUT2D eigenvalue weighted by Gasteiger charge is 2.01. The number of nitrogens with one attached hydrogen (secondary N) is 1. The van der Waals surface area contributed by atoms with Crippen LogP contribution in [0.15, 0.2) is 0 Å². The topological polar surface area (TPSA) is 49.3 Å². The van der Waals surface area contributed by atoms with E-state index < -0.39 is 6.09 Å². The molecule has 1 atom stereocenters. The van der Waals surface area contributed by atoms with Gasteiger partial charge in [-0.2, -0.15) is 11.8 Å². The van der Waals surface area contributed by atoms with Crippen LogP contribution in [0.2, 0.25) is 0 Å². The zero-order chi connectivity index (χ0) is 7.28. The second kappa shape index (κ2) is 4.49. The van der Waals surface area contributed by atoms with Crippen LogP contribution in [0.4, 0.5) is 4.79 Å². The van der Waals surface area contributed by atoms with E-state index in [0.29, 0.717) is 0 Å². The lowest BCUT2D eigenvalue weighted by atomic mass is 10.4. The van der Waals surface area contributed by atoms with Crippen LogP contribution in [-0.2, 0) is 0 Å². The summed E-state index contributed by atoms with van der Waals surface area (Å²) in [6, 6.07) is 0.0532. The molecule has 1 amide bonds. The van der Waals surface area contributed by atoms with Gasteiger partial charge in [-0.05, 0) is 13.2 Å². The first-order chi connectivity index (χ1) is 4.16. The van der Waals surface area contributed by atoms with Gasteiger partial charge in [-0.15, -0.1) is 0 Å². The molecule has 0 radical (unpaired) electrons. The van der Waals surface area contributed by atoms with E-state index in [9.17, 15) is 4.79 Å². The summed E-state index contributed by atoms with van der Waals surface area (Å²) in [5, 5.41) is 10.5. The molecule has 4 heteroatoms. The molecule has 0 rings (SSSR count). The van der Waals surface area contributed by atoms with Crippen LogP contribution >= 0.6 is 11.8 Å². The van der Waals surface area contributed by atoms with Crippen LogP contribution in [0, 0.1) is 0 Å². The maximum atomic E-state index is 9.96. The van der Waals surface area contributed by atoms with Gasteiger partial charge in [0.25, 0.3) is 0 Å². The predicted octanol–water partition coefficient (Wildman–Crippen LogP) is 1.01. The Bertz CT molecular complexity index is 97.0. The Hall–Kier alpha value is -0.380. The zero-order valence-electron chi connectivity index (χ0n) is 5.55. The van der Waals surface area contributed by atoms with Crippen LogP contribution in [0.1, 0.15) is 6.92 Å². The maximum Gasteiger partial charge on any atom is 0.404 e. The highest BCUT2D eigenvalue weighted by Crippen LogP contribution is 1.94. The van der Waals surface area contributed by atoms with Gasteiger partial charge in [0.15, 0.2) is 0 Å². The van der Waals surface area contributed by atoms with Gasteiger partial charge in [0.05, 0.1) is 0 Å². The third-order valence-electron chi connectivity index (χ3n) is 0.787. The molecule has 0 fully saturated rings.